The predicted octanol–water partition coefficient (Wildman–Crippen LogP) is 3.23. The smallest absolute Gasteiger partial charge is 0.324 e. The molecule has 10 heteroatoms. The number of fused-ring (bicyclic) bond motifs is 1. The lowest BCUT2D eigenvalue weighted by Crippen LogP contribution is -2.40. The van der Waals surface area contributed by atoms with Crippen molar-refractivity contribution in [3.63, 3.8) is 0 Å². The molecule has 146 valence electrons. The number of alkyl halides is 3. The van der Waals surface area contributed by atoms with Crippen LogP contribution in [0.25, 0.3) is 11.5 Å². The molecule has 1 N–H and O–H groups in total. The van der Waals surface area contributed by atoms with E-state index < -0.39 is 11.9 Å². The summed E-state index contributed by atoms with van der Waals surface area (Å²) >= 11 is 0. The minimum Gasteiger partial charge on any atom is -0.324 e. The fourth-order valence-electron chi connectivity index (χ4n) is 3.28. The Hall–Kier alpha value is -3.17. The number of nitrogens with zero attached hydrogens (tertiary/aromatic N) is 6. The molecule has 0 saturated heterocycles. The van der Waals surface area contributed by atoms with E-state index in [2.05, 4.69) is 32.4 Å². The Morgan fingerprint density at radius 1 is 1.21 bits per heavy atom. The minimum absolute atomic E-state index is 0.0777. The van der Waals surface area contributed by atoms with Gasteiger partial charge >= 0.3 is 6.18 Å². The lowest BCUT2D eigenvalue weighted by atomic mass is 10.0. The van der Waals surface area contributed by atoms with Crippen molar-refractivity contribution in [3.8, 4) is 11.5 Å². The van der Waals surface area contributed by atoms with E-state index >= 15 is 0 Å². The van der Waals surface area contributed by atoms with Crippen LogP contribution >= 0.6 is 0 Å². The van der Waals surface area contributed by atoms with E-state index in [1.54, 1.807) is 29.6 Å². The Bertz CT molecular complexity index is 958. The number of hydrogen-bond acceptors (Lipinski definition) is 6. The molecular formula is C18H18F3N7. The first-order valence-electron chi connectivity index (χ1n) is 8.85. The van der Waals surface area contributed by atoms with Gasteiger partial charge < -0.3 is 4.57 Å². The summed E-state index contributed by atoms with van der Waals surface area (Å²) in [6.45, 7) is 2.46. The van der Waals surface area contributed by atoms with Crippen LogP contribution < -0.4 is 5.43 Å². The second kappa shape index (κ2) is 7.10. The molecule has 2 aromatic heterocycles. The molecule has 0 fully saturated rings. The number of halogens is 3. The molecule has 2 aliphatic heterocycles. The molecule has 1 atom stereocenters. The standard InChI is InChI=1S/C18H18F3N7/c1-2-4-12-14(23-10-28-11-24-26-16(12)28)9-27-8-7-22-17(27)13-5-3-6-15(25-13)18(19,20)21/h3,5-8,10-11,16,26H,2,4,9H2,1H3. The van der Waals surface area contributed by atoms with Crippen LogP contribution in [0.1, 0.15) is 25.5 Å². The molecule has 0 amide bonds. The van der Waals surface area contributed by atoms with E-state index in [0.717, 1.165) is 30.2 Å². The quantitative estimate of drug-likeness (QED) is 0.852. The number of hydrogen-bond donors (Lipinski definition) is 1. The van der Waals surface area contributed by atoms with Gasteiger partial charge in [0.05, 0.1) is 18.6 Å². The second-order valence-corrected chi connectivity index (χ2v) is 6.47. The van der Waals surface area contributed by atoms with Gasteiger partial charge in [-0.15, -0.1) is 0 Å². The Kier molecular flexibility index (Phi) is 4.62. The van der Waals surface area contributed by atoms with E-state index in [4.69, 9.17) is 0 Å². The third kappa shape index (κ3) is 3.37. The number of pyridine rings is 1. The maximum absolute atomic E-state index is 13.0. The normalized spacial score (nSPS) is 18.6. The highest BCUT2D eigenvalue weighted by molar-refractivity contribution is 5.79. The summed E-state index contributed by atoms with van der Waals surface area (Å²) in [6.07, 6.45) is 3.82. The van der Waals surface area contributed by atoms with Crippen molar-refractivity contribution in [2.45, 2.75) is 38.7 Å². The lowest BCUT2D eigenvalue weighted by molar-refractivity contribution is -0.141. The fourth-order valence-corrected chi connectivity index (χ4v) is 3.28. The molecule has 0 aliphatic carbocycles. The van der Waals surface area contributed by atoms with Gasteiger partial charge in [-0.1, -0.05) is 19.4 Å². The number of rotatable bonds is 5. The van der Waals surface area contributed by atoms with Crippen LogP contribution in [0.15, 0.2) is 52.0 Å². The number of hydrazone groups is 1. The monoisotopic (exact) mass is 389 g/mol. The van der Waals surface area contributed by atoms with E-state index in [1.165, 1.54) is 12.1 Å². The largest absolute Gasteiger partial charge is 0.433 e. The van der Waals surface area contributed by atoms with Crippen LogP contribution in [0, 0.1) is 0 Å². The van der Waals surface area contributed by atoms with Gasteiger partial charge in [-0.3, -0.25) is 10.3 Å². The third-order valence-corrected chi connectivity index (χ3v) is 4.56. The van der Waals surface area contributed by atoms with Crippen LogP contribution in [0.2, 0.25) is 0 Å². The van der Waals surface area contributed by atoms with Crippen LogP contribution in [-0.4, -0.2) is 38.3 Å². The van der Waals surface area contributed by atoms with E-state index in [9.17, 15) is 13.2 Å². The molecule has 7 nitrogen and oxygen atoms in total. The van der Waals surface area contributed by atoms with Crippen molar-refractivity contribution in [1.29, 1.82) is 0 Å². The molecular weight excluding hydrogens is 371 g/mol. The van der Waals surface area contributed by atoms with E-state index in [1.807, 2.05) is 4.90 Å². The van der Waals surface area contributed by atoms with Gasteiger partial charge in [0.2, 0.25) is 0 Å². The molecule has 0 radical (unpaired) electrons. The predicted molar refractivity (Wildman–Crippen MR) is 98.1 cm³/mol. The highest BCUT2D eigenvalue weighted by Crippen LogP contribution is 2.30. The van der Waals surface area contributed by atoms with E-state index in [-0.39, 0.29) is 11.9 Å². The molecule has 1 unspecified atom stereocenters. The summed E-state index contributed by atoms with van der Waals surface area (Å²) in [6, 6.07) is 3.81. The maximum atomic E-state index is 13.0. The Morgan fingerprint density at radius 2 is 2.07 bits per heavy atom. The summed E-state index contributed by atoms with van der Waals surface area (Å²) in [7, 11) is 0. The summed E-state index contributed by atoms with van der Waals surface area (Å²) in [5.41, 5.74) is 4.22. The molecule has 4 heterocycles. The average molecular weight is 389 g/mol. The highest BCUT2D eigenvalue weighted by atomic mass is 19.4. The summed E-state index contributed by atoms with van der Waals surface area (Å²) in [4.78, 5) is 14.4. The molecule has 4 rings (SSSR count). The van der Waals surface area contributed by atoms with Crippen molar-refractivity contribution >= 4 is 12.7 Å². The number of nitrogens with one attached hydrogen (secondary N) is 1. The molecule has 0 saturated carbocycles. The van der Waals surface area contributed by atoms with Crippen LogP contribution in [0.4, 0.5) is 13.2 Å². The van der Waals surface area contributed by atoms with Crippen LogP contribution in [0.5, 0.6) is 0 Å². The lowest BCUT2D eigenvalue weighted by Gasteiger charge is -2.28. The van der Waals surface area contributed by atoms with Gasteiger partial charge in [0.25, 0.3) is 0 Å². The van der Waals surface area contributed by atoms with Crippen molar-refractivity contribution in [3.05, 3.63) is 47.6 Å². The van der Waals surface area contributed by atoms with Gasteiger partial charge in [0, 0.05) is 12.4 Å². The van der Waals surface area contributed by atoms with Gasteiger partial charge in [0.15, 0.2) is 5.82 Å². The SMILES string of the molecule is CCCC1=C(Cn2ccnc2-c2cccc(C(F)(F)F)n2)N=CN2C=NNC12. The van der Waals surface area contributed by atoms with E-state index in [0.29, 0.717) is 12.4 Å². The first-order chi connectivity index (χ1) is 13.5. The van der Waals surface area contributed by atoms with Crippen molar-refractivity contribution in [1.82, 2.24) is 24.9 Å². The third-order valence-electron chi connectivity index (χ3n) is 4.56. The Morgan fingerprint density at radius 3 is 2.86 bits per heavy atom. The molecule has 0 spiro atoms. The Balaban J connectivity index is 1.67. The molecule has 2 aromatic rings. The van der Waals surface area contributed by atoms with Crippen molar-refractivity contribution in [2.24, 2.45) is 10.1 Å². The molecule has 28 heavy (non-hydrogen) atoms. The van der Waals surface area contributed by atoms with Crippen molar-refractivity contribution < 1.29 is 13.2 Å². The zero-order valence-corrected chi connectivity index (χ0v) is 15.1. The topological polar surface area (TPSA) is 70.7 Å². The van der Waals surface area contributed by atoms with Crippen LogP contribution in [0.3, 0.4) is 0 Å². The van der Waals surface area contributed by atoms with Crippen molar-refractivity contribution in [2.75, 3.05) is 0 Å². The van der Waals surface area contributed by atoms with Gasteiger partial charge in [-0.05, 0) is 24.1 Å². The Labute approximate surface area is 159 Å². The first kappa shape index (κ1) is 18.2. The zero-order chi connectivity index (χ0) is 19.7. The minimum atomic E-state index is -4.50. The second-order valence-electron chi connectivity index (χ2n) is 6.47. The first-order valence-corrected chi connectivity index (χ1v) is 8.85. The maximum Gasteiger partial charge on any atom is 0.433 e. The average Bonchev–Trinajstić information content (AvgIpc) is 3.32. The van der Waals surface area contributed by atoms with Gasteiger partial charge in [-0.25, -0.2) is 15.0 Å². The zero-order valence-electron chi connectivity index (χ0n) is 15.1. The highest BCUT2D eigenvalue weighted by Gasteiger charge is 2.33. The fraction of sp³-hybridized carbons (Fsp3) is 0.333. The molecule has 0 aromatic carbocycles. The molecule has 2 aliphatic rings. The number of aromatic nitrogens is 3. The van der Waals surface area contributed by atoms with Gasteiger partial charge in [-0.2, -0.15) is 18.3 Å². The number of imidazole rings is 1. The van der Waals surface area contributed by atoms with Gasteiger partial charge in [0.1, 0.15) is 23.9 Å². The number of aliphatic imine (C=N–C) groups is 1. The van der Waals surface area contributed by atoms with Crippen LogP contribution in [-0.2, 0) is 12.7 Å². The summed E-state index contributed by atoms with van der Waals surface area (Å²) in [5.74, 6) is 0.364. The summed E-state index contributed by atoms with van der Waals surface area (Å²) < 4.78 is 40.8. The molecule has 0 bridgehead atoms. The number of allylic oxidation sites excluding steroid dienone is 1. The summed E-state index contributed by atoms with van der Waals surface area (Å²) in [5, 5.41) is 4.08.